The Balaban J connectivity index is 0.000000315. The smallest absolute Gasteiger partial charge is 0.335 e. The van der Waals surface area contributed by atoms with Crippen LogP contribution in [0.1, 0.15) is 0 Å². The van der Waals surface area contributed by atoms with Crippen molar-refractivity contribution in [3.63, 3.8) is 0 Å². The molecule has 0 saturated heterocycles. The van der Waals surface area contributed by atoms with Crippen LogP contribution in [0.5, 0.6) is 0 Å². The van der Waals surface area contributed by atoms with Crippen molar-refractivity contribution in [2.45, 2.75) is 12.2 Å². The molecule has 0 amide bonds. The standard InChI is InChI=1S/2C6H6.C4H6O6/c2*1-2-4-6-5-3-1;5-1(3(7)8)2(6)4(9)10/h2*1-6H;1-2,5-6H,(H,7,8)(H,9,10). The van der Waals surface area contributed by atoms with E-state index in [2.05, 4.69) is 0 Å². The van der Waals surface area contributed by atoms with Gasteiger partial charge in [0.15, 0.2) is 12.2 Å². The Morgan fingerprint density at radius 1 is 0.500 bits per heavy atom. The summed E-state index contributed by atoms with van der Waals surface area (Å²) in [5.41, 5.74) is 0. The molecule has 0 aliphatic rings. The fourth-order valence-corrected chi connectivity index (χ4v) is 1.04. The molecule has 4 N–H and O–H groups in total. The van der Waals surface area contributed by atoms with Gasteiger partial charge < -0.3 is 20.4 Å². The highest BCUT2D eigenvalue weighted by Gasteiger charge is 2.29. The maximum absolute atomic E-state index is 9.77. The second-order valence-corrected chi connectivity index (χ2v) is 3.88. The summed E-state index contributed by atoms with van der Waals surface area (Å²) in [6, 6.07) is 24.0. The Bertz CT molecular complexity index is 412. The first-order chi connectivity index (χ1) is 10.5. The van der Waals surface area contributed by atoms with Crippen LogP contribution in [0, 0.1) is 0 Å². The number of carboxylic acid groups (broad SMARTS) is 2. The van der Waals surface area contributed by atoms with Gasteiger partial charge in [-0.1, -0.05) is 72.8 Å². The van der Waals surface area contributed by atoms with Crippen molar-refractivity contribution in [3.8, 4) is 0 Å². The van der Waals surface area contributed by atoms with Crippen LogP contribution in [0.2, 0.25) is 0 Å². The average Bonchev–Trinajstić information content (AvgIpc) is 2.57. The number of aliphatic hydroxyl groups excluding tert-OH is 2. The SMILES string of the molecule is O=C(O)C(O)C(O)C(=O)O.c1ccccc1.c1ccccc1. The van der Waals surface area contributed by atoms with Gasteiger partial charge in [0.2, 0.25) is 0 Å². The molecule has 2 aromatic carbocycles. The number of rotatable bonds is 3. The van der Waals surface area contributed by atoms with Gasteiger partial charge in [0.25, 0.3) is 0 Å². The van der Waals surface area contributed by atoms with Gasteiger partial charge in [-0.2, -0.15) is 0 Å². The first kappa shape index (κ1) is 19.3. The normalized spacial score (nSPS) is 11.5. The number of hydrogen-bond donors (Lipinski definition) is 4. The Morgan fingerprint density at radius 2 is 0.636 bits per heavy atom. The van der Waals surface area contributed by atoms with E-state index in [0.717, 1.165) is 0 Å². The highest BCUT2D eigenvalue weighted by Crippen LogP contribution is 1.92. The van der Waals surface area contributed by atoms with E-state index in [4.69, 9.17) is 20.4 Å². The summed E-state index contributed by atoms with van der Waals surface area (Å²) in [6.07, 6.45) is -4.53. The Labute approximate surface area is 127 Å². The van der Waals surface area contributed by atoms with Gasteiger partial charge in [-0.05, 0) is 0 Å². The van der Waals surface area contributed by atoms with Crippen LogP contribution in [0.25, 0.3) is 0 Å². The summed E-state index contributed by atoms with van der Waals surface area (Å²) in [7, 11) is 0. The second-order valence-electron chi connectivity index (χ2n) is 3.88. The zero-order valence-electron chi connectivity index (χ0n) is 11.7. The molecular weight excluding hydrogens is 288 g/mol. The molecule has 2 rings (SSSR count). The topological polar surface area (TPSA) is 115 Å². The maximum atomic E-state index is 9.77. The highest BCUT2D eigenvalue weighted by atomic mass is 16.4. The third-order valence-electron chi connectivity index (χ3n) is 2.14. The number of hydrogen-bond acceptors (Lipinski definition) is 4. The van der Waals surface area contributed by atoms with Crippen molar-refractivity contribution >= 4 is 11.9 Å². The lowest BCUT2D eigenvalue weighted by molar-refractivity contribution is -0.165. The number of carboxylic acids is 2. The van der Waals surface area contributed by atoms with Crippen molar-refractivity contribution < 1.29 is 30.0 Å². The fourth-order valence-electron chi connectivity index (χ4n) is 1.04. The quantitative estimate of drug-likeness (QED) is 0.678. The summed E-state index contributed by atoms with van der Waals surface area (Å²) < 4.78 is 0. The molecule has 0 bridgehead atoms. The zero-order valence-corrected chi connectivity index (χ0v) is 11.7. The van der Waals surface area contributed by atoms with E-state index in [1.165, 1.54) is 0 Å². The molecule has 0 spiro atoms. The van der Waals surface area contributed by atoms with Gasteiger partial charge in [-0.25, -0.2) is 9.59 Å². The molecule has 2 aromatic rings. The molecule has 0 fully saturated rings. The second kappa shape index (κ2) is 12.1. The molecule has 2 unspecified atom stereocenters. The third kappa shape index (κ3) is 10.1. The molecule has 0 saturated carbocycles. The van der Waals surface area contributed by atoms with E-state index >= 15 is 0 Å². The van der Waals surface area contributed by atoms with Gasteiger partial charge in [-0.3, -0.25) is 0 Å². The Morgan fingerprint density at radius 3 is 0.727 bits per heavy atom. The molecule has 0 aliphatic carbocycles. The summed E-state index contributed by atoms with van der Waals surface area (Å²) in [5, 5.41) is 32.5. The molecule has 0 heterocycles. The lowest BCUT2D eigenvalue weighted by Gasteiger charge is -2.07. The molecular formula is C16H18O6. The van der Waals surface area contributed by atoms with Crippen LogP contribution in [-0.2, 0) is 9.59 Å². The van der Waals surface area contributed by atoms with Gasteiger partial charge in [-0.15, -0.1) is 0 Å². The first-order valence-corrected chi connectivity index (χ1v) is 6.28. The molecule has 22 heavy (non-hydrogen) atoms. The lowest BCUT2D eigenvalue weighted by Crippen LogP contribution is -2.39. The summed E-state index contributed by atoms with van der Waals surface area (Å²) in [6.45, 7) is 0. The molecule has 6 heteroatoms. The number of carbonyl (C=O) groups is 2. The van der Waals surface area contributed by atoms with E-state index < -0.39 is 24.1 Å². The summed E-state index contributed by atoms with van der Waals surface area (Å²) in [5.74, 6) is -3.54. The van der Waals surface area contributed by atoms with Crippen LogP contribution in [0.15, 0.2) is 72.8 Å². The predicted molar refractivity (Wildman–Crippen MR) is 80.2 cm³/mol. The molecule has 0 radical (unpaired) electrons. The Kier molecular flexibility index (Phi) is 10.6. The van der Waals surface area contributed by atoms with Crippen LogP contribution < -0.4 is 0 Å². The van der Waals surface area contributed by atoms with Crippen molar-refractivity contribution in [1.29, 1.82) is 0 Å². The van der Waals surface area contributed by atoms with E-state index in [1.807, 2.05) is 72.8 Å². The van der Waals surface area contributed by atoms with E-state index in [-0.39, 0.29) is 0 Å². The minimum absolute atomic E-state index is 1.77. The van der Waals surface area contributed by atoms with E-state index in [0.29, 0.717) is 0 Å². The van der Waals surface area contributed by atoms with E-state index in [9.17, 15) is 9.59 Å². The molecule has 0 aliphatic heterocycles. The monoisotopic (exact) mass is 306 g/mol. The van der Waals surface area contributed by atoms with Crippen LogP contribution in [0.4, 0.5) is 0 Å². The Hall–Kier alpha value is -2.70. The number of benzene rings is 2. The summed E-state index contributed by atoms with van der Waals surface area (Å²) >= 11 is 0. The van der Waals surface area contributed by atoms with Crippen LogP contribution in [0.3, 0.4) is 0 Å². The molecule has 6 nitrogen and oxygen atoms in total. The molecule has 0 aromatic heterocycles. The van der Waals surface area contributed by atoms with Crippen LogP contribution in [-0.4, -0.2) is 44.6 Å². The minimum atomic E-state index is -2.27. The predicted octanol–water partition coefficient (Wildman–Crippen LogP) is 1.25. The van der Waals surface area contributed by atoms with Crippen molar-refractivity contribution in [1.82, 2.24) is 0 Å². The molecule has 118 valence electrons. The minimum Gasteiger partial charge on any atom is -0.479 e. The van der Waals surface area contributed by atoms with Gasteiger partial charge in [0.05, 0.1) is 0 Å². The third-order valence-corrected chi connectivity index (χ3v) is 2.14. The highest BCUT2D eigenvalue weighted by molar-refractivity contribution is 5.83. The largest absolute Gasteiger partial charge is 0.479 e. The molecule has 2 atom stereocenters. The van der Waals surface area contributed by atoms with Crippen molar-refractivity contribution in [3.05, 3.63) is 72.8 Å². The van der Waals surface area contributed by atoms with Gasteiger partial charge in [0.1, 0.15) is 0 Å². The maximum Gasteiger partial charge on any atom is 0.335 e. The first-order valence-electron chi connectivity index (χ1n) is 6.28. The van der Waals surface area contributed by atoms with Crippen molar-refractivity contribution in [2.75, 3.05) is 0 Å². The van der Waals surface area contributed by atoms with Crippen molar-refractivity contribution in [2.24, 2.45) is 0 Å². The fraction of sp³-hybridized carbons (Fsp3) is 0.125. The van der Waals surface area contributed by atoms with Gasteiger partial charge in [0, 0.05) is 0 Å². The number of aliphatic carboxylic acids is 2. The summed E-state index contributed by atoms with van der Waals surface area (Å²) in [4.78, 5) is 19.5. The van der Waals surface area contributed by atoms with Gasteiger partial charge >= 0.3 is 11.9 Å². The zero-order chi connectivity index (χ0) is 16.8. The van der Waals surface area contributed by atoms with Crippen LogP contribution >= 0.6 is 0 Å². The van der Waals surface area contributed by atoms with E-state index in [1.54, 1.807) is 0 Å². The average molecular weight is 306 g/mol. The number of aliphatic hydroxyl groups is 2. The lowest BCUT2D eigenvalue weighted by atomic mass is 10.2.